The first-order valence-corrected chi connectivity index (χ1v) is 15.2. The Morgan fingerprint density at radius 2 is 1.67 bits per heavy atom. The van der Waals surface area contributed by atoms with Crippen LogP contribution in [0.3, 0.4) is 0 Å². The normalized spacial score (nSPS) is 11.9. The van der Waals surface area contributed by atoms with Gasteiger partial charge in [0.15, 0.2) is 0 Å². The summed E-state index contributed by atoms with van der Waals surface area (Å²) in [5.74, 6) is 0.0294. The molecule has 0 bridgehead atoms. The van der Waals surface area contributed by atoms with Gasteiger partial charge >= 0.3 is 0 Å². The van der Waals surface area contributed by atoms with Crippen LogP contribution >= 0.6 is 15.9 Å². The maximum Gasteiger partial charge on any atom is 0.242 e. The van der Waals surface area contributed by atoms with Crippen LogP contribution in [-0.2, 0) is 32.6 Å². The molecule has 8 nitrogen and oxygen atoms in total. The van der Waals surface area contributed by atoms with Crippen LogP contribution < -0.4 is 14.4 Å². The van der Waals surface area contributed by atoms with Gasteiger partial charge in [0.1, 0.15) is 11.8 Å². The molecule has 10 heteroatoms. The van der Waals surface area contributed by atoms with Crippen LogP contribution in [0.5, 0.6) is 5.75 Å². The topological polar surface area (TPSA) is 96.0 Å². The van der Waals surface area contributed by atoms with Crippen LogP contribution in [0, 0.1) is 0 Å². The number of carbonyl (C=O) groups is 2. The van der Waals surface area contributed by atoms with Gasteiger partial charge in [-0.25, -0.2) is 8.42 Å². The summed E-state index contributed by atoms with van der Waals surface area (Å²) in [6.45, 7) is 0.334. The Hall–Kier alpha value is -3.37. The van der Waals surface area contributed by atoms with Crippen molar-refractivity contribution in [2.24, 2.45) is 0 Å². The van der Waals surface area contributed by atoms with Crippen molar-refractivity contribution < 1.29 is 22.7 Å². The number of ether oxygens (including phenoxy) is 1. The molecule has 0 saturated heterocycles. The number of nitrogens with one attached hydrogen (secondary N) is 1. The average Bonchev–Trinajstić information content (AvgIpc) is 2.92. The number of halogens is 1. The van der Waals surface area contributed by atoms with Crippen molar-refractivity contribution in [1.29, 1.82) is 0 Å². The zero-order valence-corrected chi connectivity index (χ0v) is 24.7. The molecule has 0 radical (unpaired) electrons. The summed E-state index contributed by atoms with van der Waals surface area (Å²) >= 11 is 3.48. The van der Waals surface area contributed by atoms with Gasteiger partial charge in [-0.3, -0.25) is 13.9 Å². The van der Waals surface area contributed by atoms with Crippen molar-refractivity contribution >= 4 is 43.5 Å². The third kappa shape index (κ3) is 8.83. The van der Waals surface area contributed by atoms with E-state index in [1.165, 1.54) is 11.4 Å². The van der Waals surface area contributed by atoms with E-state index in [0.717, 1.165) is 21.9 Å². The number of rotatable bonds is 13. The predicted molar refractivity (Wildman–Crippen MR) is 157 cm³/mol. The quantitative estimate of drug-likeness (QED) is 0.308. The first-order valence-electron chi connectivity index (χ1n) is 12.5. The molecule has 3 rings (SSSR count). The number of carbonyl (C=O) groups excluding carboxylic acids is 2. The Morgan fingerprint density at radius 3 is 2.31 bits per heavy atom. The van der Waals surface area contributed by atoms with Gasteiger partial charge in [-0.05, 0) is 41.8 Å². The molecule has 0 fully saturated rings. The van der Waals surface area contributed by atoms with Crippen LogP contribution in [0.4, 0.5) is 5.69 Å². The van der Waals surface area contributed by atoms with Gasteiger partial charge in [0.05, 0.1) is 19.1 Å². The Bertz CT molecular complexity index is 1370. The molecule has 208 valence electrons. The van der Waals surface area contributed by atoms with E-state index in [4.69, 9.17) is 4.74 Å². The second kappa shape index (κ2) is 14.1. The Kier molecular flexibility index (Phi) is 10.9. The molecule has 3 aromatic rings. The van der Waals surface area contributed by atoms with Gasteiger partial charge in [0.25, 0.3) is 0 Å². The van der Waals surface area contributed by atoms with Gasteiger partial charge in [-0.1, -0.05) is 64.5 Å². The van der Waals surface area contributed by atoms with E-state index in [2.05, 4.69) is 21.2 Å². The number of benzene rings is 3. The zero-order valence-electron chi connectivity index (χ0n) is 22.3. The summed E-state index contributed by atoms with van der Waals surface area (Å²) in [4.78, 5) is 28.4. The molecular formula is C29H34BrN3O5S. The SMILES string of the molecule is CNC(=O)[C@@H](Cc1ccccc1)N(Cc1cccc(Br)c1)C(=O)CCCN(c1cccc(OC)c1)S(C)(=O)=O. The van der Waals surface area contributed by atoms with E-state index in [-0.39, 0.29) is 37.7 Å². The third-order valence-corrected chi connectivity index (χ3v) is 7.94. The monoisotopic (exact) mass is 615 g/mol. The third-order valence-electron chi connectivity index (χ3n) is 6.25. The highest BCUT2D eigenvalue weighted by atomic mass is 79.9. The van der Waals surface area contributed by atoms with Crippen LogP contribution in [-0.4, -0.2) is 58.1 Å². The van der Waals surface area contributed by atoms with E-state index >= 15 is 0 Å². The molecular weight excluding hydrogens is 582 g/mol. The summed E-state index contributed by atoms with van der Waals surface area (Å²) in [5.41, 5.74) is 2.26. The fourth-order valence-electron chi connectivity index (χ4n) is 4.32. The molecule has 3 aromatic carbocycles. The molecule has 2 amide bonds. The lowest BCUT2D eigenvalue weighted by molar-refractivity contribution is -0.141. The van der Waals surface area contributed by atoms with E-state index in [1.807, 2.05) is 54.6 Å². The fourth-order valence-corrected chi connectivity index (χ4v) is 5.73. The van der Waals surface area contributed by atoms with E-state index in [0.29, 0.717) is 17.9 Å². The molecule has 0 aromatic heterocycles. The van der Waals surface area contributed by atoms with Crippen molar-refractivity contribution in [1.82, 2.24) is 10.2 Å². The number of hydrogen-bond acceptors (Lipinski definition) is 5. The summed E-state index contributed by atoms with van der Waals surface area (Å²) < 4.78 is 32.5. The van der Waals surface area contributed by atoms with Crippen LogP contribution in [0.15, 0.2) is 83.3 Å². The lowest BCUT2D eigenvalue weighted by atomic mass is 10.0. The van der Waals surface area contributed by atoms with Gasteiger partial charge in [0, 0.05) is 43.5 Å². The number of nitrogens with zero attached hydrogens (tertiary/aromatic N) is 2. The number of hydrogen-bond donors (Lipinski definition) is 1. The first-order chi connectivity index (χ1) is 18.6. The first kappa shape index (κ1) is 30.2. The highest BCUT2D eigenvalue weighted by Gasteiger charge is 2.30. The number of likely N-dealkylation sites (N-methyl/N-ethyl adjacent to an activating group) is 1. The molecule has 1 atom stereocenters. The van der Waals surface area contributed by atoms with Gasteiger partial charge in [-0.15, -0.1) is 0 Å². The van der Waals surface area contributed by atoms with Crippen molar-refractivity contribution in [3.05, 3.63) is 94.5 Å². The standard InChI is InChI=1S/C29H34BrN3O5S/c1-31-29(35)27(19-22-10-5-4-6-11-22)32(21-23-12-7-13-24(30)18-23)28(34)16-9-17-33(39(3,36)37)25-14-8-15-26(20-25)38-2/h4-8,10-15,18,20,27H,9,16-17,19,21H2,1-3H3,(H,31,35)/t27-/m1/s1. The van der Waals surface area contributed by atoms with Gasteiger partial charge in [-0.2, -0.15) is 0 Å². The minimum Gasteiger partial charge on any atom is -0.497 e. The van der Waals surface area contributed by atoms with Gasteiger partial charge in [0.2, 0.25) is 21.8 Å². The number of amides is 2. The fraction of sp³-hybridized carbons (Fsp3) is 0.310. The molecule has 0 aliphatic carbocycles. The average molecular weight is 617 g/mol. The molecule has 0 spiro atoms. The lowest BCUT2D eigenvalue weighted by Crippen LogP contribution is -2.49. The lowest BCUT2D eigenvalue weighted by Gasteiger charge is -2.31. The minimum absolute atomic E-state index is 0.0618. The molecule has 0 aliphatic heterocycles. The summed E-state index contributed by atoms with van der Waals surface area (Å²) in [7, 11) is -0.535. The van der Waals surface area contributed by atoms with Crippen molar-refractivity contribution in [3.8, 4) is 5.75 Å². The highest BCUT2D eigenvalue weighted by molar-refractivity contribution is 9.10. The van der Waals surface area contributed by atoms with Crippen LogP contribution in [0.25, 0.3) is 0 Å². The van der Waals surface area contributed by atoms with E-state index in [1.54, 1.807) is 36.2 Å². The van der Waals surface area contributed by atoms with Crippen molar-refractivity contribution in [3.63, 3.8) is 0 Å². The van der Waals surface area contributed by atoms with Crippen LogP contribution in [0.2, 0.25) is 0 Å². The number of sulfonamides is 1. The Morgan fingerprint density at radius 1 is 0.974 bits per heavy atom. The van der Waals surface area contributed by atoms with Crippen LogP contribution in [0.1, 0.15) is 24.0 Å². The molecule has 0 heterocycles. The molecule has 0 unspecified atom stereocenters. The molecule has 0 aliphatic rings. The second-order valence-corrected chi connectivity index (χ2v) is 11.9. The second-order valence-electron chi connectivity index (χ2n) is 9.11. The summed E-state index contributed by atoms with van der Waals surface area (Å²) in [5, 5.41) is 2.70. The van der Waals surface area contributed by atoms with Crippen molar-refractivity contribution in [2.45, 2.75) is 31.8 Å². The summed E-state index contributed by atoms with van der Waals surface area (Å²) in [6, 6.07) is 23.2. The predicted octanol–water partition coefficient (Wildman–Crippen LogP) is 4.39. The smallest absolute Gasteiger partial charge is 0.242 e. The zero-order chi connectivity index (χ0) is 28.4. The van der Waals surface area contributed by atoms with E-state index < -0.39 is 16.1 Å². The molecule has 1 N–H and O–H groups in total. The van der Waals surface area contributed by atoms with Gasteiger partial charge < -0.3 is 15.0 Å². The largest absolute Gasteiger partial charge is 0.497 e. The number of anilines is 1. The maximum absolute atomic E-state index is 13.7. The summed E-state index contributed by atoms with van der Waals surface area (Å²) in [6.07, 6.45) is 1.81. The Labute approximate surface area is 239 Å². The Balaban J connectivity index is 1.85. The highest BCUT2D eigenvalue weighted by Crippen LogP contribution is 2.24. The maximum atomic E-state index is 13.7. The number of methoxy groups -OCH3 is 1. The molecule has 0 saturated carbocycles. The molecule has 39 heavy (non-hydrogen) atoms. The minimum atomic E-state index is -3.61. The van der Waals surface area contributed by atoms with E-state index in [9.17, 15) is 18.0 Å². The van der Waals surface area contributed by atoms with Crippen molar-refractivity contribution in [2.75, 3.05) is 31.3 Å².